The van der Waals surface area contributed by atoms with Gasteiger partial charge in [0.25, 0.3) is 0 Å². The van der Waals surface area contributed by atoms with E-state index < -0.39 is 28.3 Å². The van der Waals surface area contributed by atoms with Crippen LogP contribution in [0.2, 0.25) is 0 Å². The van der Waals surface area contributed by atoms with Crippen molar-refractivity contribution in [2.24, 2.45) is 0 Å². The molecule has 20 heavy (non-hydrogen) atoms. The maximum atomic E-state index is 13.6. The number of nitrogens with zero attached hydrogens (tertiary/aromatic N) is 1. The molecule has 0 bridgehead atoms. The fourth-order valence-electron chi connectivity index (χ4n) is 1.67. The molecular formula is C14H12FNO4. The van der Waals surface area contributed by atoms with Gasteiger partial charge in [-0.15, -0.1) is 0 Å². The van der Waals surface area contributed by atoms with Crippen LogP contribution >= 0.6 is 0 Å². The Labute approximate surface area is 114 Å². The number of ether oxygens (including phenoxy) is 1. The molecule has 1 N–H and O–H groups in total. The van der Waals surface area contributed by atoms with Crippen LogP contribution in [0.4, 0.5) is 10.1 Å². The summed E-state index contributed by atoms with van der Waals surface area (Å²) in [6, 6.07) is 9.74. The van der Waals surface area contributed by atoms with Crippen LogP contribution in [-0.4, -0.2) is 10.0 Å². The number of para-hydroxylation sites is 1. The summed E-state index contributed by atoms with van der Waals surface area (Å²) in [6.45, 7) is 1.61. The van der Waals surface area contributed by atoms with E-state index in [-0.39, 0.29) is 5.75 Å². The summed E-state index contributed by atoms with van der Waals surface area (Å²) >= 11 is 0. The molecule has 6 heteroatoms. The minimum Gasteiger partial charge on any atom is -0.447 e. The van der Waals surface area contributed by atoms with Gasteiger partial charge in [-0.2, -0.15) is 0 Å². The molecular weight excluding hydrogens is 265 g/mol. The molecule has 1 atom stereocenters. The molecule has 2 aromatic carbocycles. The minimum atomic E-state index is -0.807. The average Bonchev–Trinajstić information content (AvgIpc) is 2.41. The van der Waals surface area contributed by atoms with Crippen LogP contribution in [-0.2, 0) is 0 Å². The minimum absolute atomic E-state index is 0.252. The van der Waals surface area contributed by atoms with Crippen molar-refractivity contribution in [2.75, 3.05) is 0 Å². The standard InChI is InChI=1S/C14H12FNO4/c1-9(17)10-5-7-11(8-6-10)20-14-12(15)3-2-4-13(14)16(18)19/h2-9,17H,1H3/t9-/m1/s1. The summed E-state index contributed by atoms with van der Waals surface area (Å²) in [5, 5.41) is 20.2. The summed E-state index contributed by atoms with van der Waals surface area (Å²) in [6.07, 6.45) is -0.633. The molecule has 0 amide bonds. The van der Waals surface area contributed by atoms with Crippen LogP contribution in [0.1, 0.15) is 18.6 Å². The van der Waals surface area contributed by atoms with Gasteiger partial charge in [0.15, 0.2) is 5.82 Å². The van der Waals surface area contributed by atoms with Gasteiger partial charge in [-0.3, -0.25) is 10.1 Å². The lowest BCUT2D eigenvalue weighted by molar-refractivity contribution is -0.385. The quantitative estimate of drug-likeness (QED) is 0.684. The first-order valence-electron chi connectivity index (χ1n) is 5.88. The van der Waals surface area contributed by atoms with E-state index >= 15 is 0 Å². The van der Waals surface area contributed by atoms with Crippen molar-refractivity contribution in [3.8, 4) is 11.5 Å². The number of aliphatic hydroxyl groups excluding tert-OH is 1. The van der Waals surface area contributed by atoms with Gasteiger partial charge in [-0.05, 0) is 30.7 Å². The highest BCUT2D eigenvalue weighted by Gasteiger charge is 2.20. The number of hydrogen-bond acceptors (Lipinski definition) is 4. The zero-order valence-corrected chi connectivity index (χ0v) is 10.6. The molecule has 0 aliphatic heterocycles. The second-order valence-electron chi connectivity index (χ2n) is 4.19. The van der Waals surface area contributed by atoms with Crippen molar-refractivity contribution >= 4 is 5.69 Å². The molecule has 0 aliphatic carbocycles. The Morgan fingerprint density at radius 1 is 1.25 bits per heavy atom. The van der Waals surface area contributed by atoms with E-state index in [0.717, 1.165) is 6.07 Å². The molecule has 104 valence electrons. The van der Waals surface area contributed by atoms with Gasteiger partial charge in [-0.25, -0.2) is 4.39 Å². The molecule has 0 unspecified atom stereocenters. The molecule has 0 aliphatic rings. The normalized spacial score (nSPS) is 11.9. The van der Waals surface area contributed by atoms with Crippen LogP contribution in [0.3, 0.4) is 0 Å². The van der Waals surface area contributed by atoms with Gasteiger partial charge in [0.05, 0.1) is 11.0 Å². The third kappa shape index (κ3) is 2.92. The number of nitro groups is 1. The lowest BCUT2D eigenvalue weighted by Crippen LogP contribution is -1.96. The maximum absolute atomic E-state index is 13.6. The van der Waals surface area contributed by atoms with Gasteiger partial charge >= 0.3 is 5.69 Å². The highest BCUT2D eigenvalue weighted by atomic mass is 19.1. The van der Waals surface area contributed by atoms with Gasteiger partial charge < -0.3 is 9.84 Å². The fraction of sp³-hybridized carbons (Fsp3) is 0.143. The molecule has 0 radical (unpaired) electrons. The van der Waals surface area contributed by atoms with E-state index in [1.807, 2.05) is 0 Å². The first-order chi connectivity index (χ1) is 9.49. The Morgan fingerprint density at radius 2 is 1.90 bits per heavy atom. The number of aliphatic hydroxyl groups is 1. The van der Waals surface area contributed by atoms with Gasteiger partial charge in [-0.1, -0.05) is 18.2 Å². The topological polar surface area (TPSA) is 72.6 Å². The summed E-state index contributed by atoms with van der Waals surface area (Å²) in [4.78, 5) is 10.1. The summed E-state index contributed by atoms with van der Waals surface area (Å²) in [5.74, 6) is -0.983. The zero-order chi connectivity index (χ0) is 14.7. The third-order valence-corrected chi connectivity index (χ3v) is 2.73. The summed E-state index contributed by atoms with van der Waals surface area (Å²) in [5.41, 5.74) is 0.227. The molecule has 5 nitrogen and oxygen atoms in total. The van der Waals surface area contributed by atoms with Gasteiger partial charge in [0.1, 0.15) is 5.75 Å². The van der Waals surface area contributed by atoms with Crippen LogP contribution < -0.4 is 4.74 Å². The molecule has 0 heterocycles. The number of hydrogen-bond donors (Lipinski definition) is 1. The van der Waals surface area contributed by atoms with E-state index in [4.69, 9.17) is 4.74 Å². The molecule has 2 aromatic rings. The summed E-state index contributed by atoms with van der Waals surface area (Å²) in [7, 11) is 0. The van der Waals surface area contributed by atoms with Gasteiger partial charge in [0.2, 0.25) is 5.75 Å². The molecule has 2 rings (SSSR count). The largest absolute Gasteiger partial charge is 0.447 e. The molecule has 0 saturated heterocycles. The van der Waals surface area contributed by atoms with Crippen molar-refractivity contribution in [3.63, 3.8) is 0 Å². The highest BCUT2D eigenvalue weighted by Crippen LogP contribution is 2.34. The van der Waals surface area contributed by atoms with Crippen molar-refractivity contribution < 1.29 is 19.2 Å². The van der Waals surface area contributed by atoms with Crippen molar-refractivity contribution in [1.82, 2.24) is 0 Å². The Kier molecular flexibility index (Phi) is 3.95. The van der Waals surface area contributed by atoms with Gasteiger partial charge in [0, 0.05) is 6.07 Å². The Bertz CT molecular complexity index is 626. The van der Waals surface area contributed by atoms with E-state index in [0.29, 0.717) is 5.56 Å². The number of benzene rings is 2. The van der Waals surface area contributed by atoms with Crippen LogP contribution in [0.25, 0.3) is 0 Å². The predicted molar refractivity (Wildman–Crippen MR) is 70.2 cm³/mol. The van der Waals surface area contributed by atoms with E-state index in [9.17, 15) is 19.6 Å². The number of halogens is 1. The maximum Gasteiger partial charge on any atom is 0.314 e. The third-order valence-electron chi connectivity index (χ3n) is 2.73. The first kappa shape index (κ1) is 14.0. The smallest absolute Gasteiger partial charge is 0.314 e. The SMILES string of the molecule is C[C@@H](O)c1ccc(Oc2c(F)cccc2[N+](=O)[O-])cc1. The predicted octanol–water partition coefficient (Wildman–Crippen LogP) is 3.58. The lowest BCUT2D eigenvalue weighted by Gasteiger charge is -2.09. The molecule has 0 spiro atoms. The van der Waals surface area contributed by atoms with Crippen LogP contribution in [0.15, 0.2) is 42.5 Å². The Balaban J connectivity index is 2.32. The van der Waals surface area contributed by atoms with Crippen molar-refractivity contribution in [3.05, 3.63) is 64.0 Å². The molecule has 0 saturated carbocycles. The Hall–Kier alpha value is -2.47. The second-order valence-corrected chi connectivity index (χ2v) is 4.19. The first-order valence-corrected chi connectivity index (χ1v) is 5.88. The zero-order valence-electron chi connectivity index (χ0n) is 10.6. The second kappa shape index (κ2) is 5.66. The lowest BCUT2D eigenvalue weighted by atomic mass is 10.1. The summed E-state index contributed by atoms with van der Waals surface area (Å²) < 4.78 is 18.9. The molecule has 0 fully saturated rings. The number of rotatable bonds is 4. The fourth-order valence-corrected chi connectivity index (χ4v) is 1.67. The van der Waals surface area contributed by atoms with Crippen molar-refractivity contribution in [1.29, 1.82) is 0 Å². The van der Waals surface area contributed by atoms with E-state index in [1.165, 1.54) is 24.3 Å². The van der Waals surface area contributed by atoms with Crippen LogP contribution in [0, 0.1) is 15.9 Å². The molecule has 0 aromatic heterocycles. The Morgan fingerprint density at radius 3 is 2.45 bits per heavy atom. The monoisotopic (exact) mass is 277 g/mol. The highest BCUT2D eigenvalue weighted by molar-refractivity contribution is 5.49. The van der Waals surface area contributed by atoms with E-state index in [1.54, 1.807) is 19.1 Å². The van der Waals surface area contributed by atoms with Crippen LogP contribution in [0.5, 0.6) is 11.5 Å². The number of nitro benzene ring substituents is 1. The van der Waals surface area contributed by atoms with Crippen molar-refractivity contribution in [2.45, 2.75) is 13.0 Å². The average molecular weight is 277 g/mol. The van der Waals surface area contributed by atoms with E-state index in [2.05, 4.69) is 0 Å².